The van der Waals surface area contributed by atoms with Crippen LogP contribution in [0.1, 0.15) is 10.4 Å². The number of benzene rings is 2. The number of para-hydroxylation sites is 1. The molecular weight excluding hydrogens is 428 g/mol. The van der Waals surface area contributed by atoms with E-state index in [1.807, 2.05) is 53.4 Å². The third-order valence-electron chi connectivity index (χ3n) is 4.74. The molecule has 138 valence electrons. The molecule has 0 spiro atoms. The monoisotopic (exact) mass is 444 g/mol. The smallest absolute Gasteiger partial charge is 0.257 e. The van der Waals surface area contributed by atoms with Gasteiger partial charge in [-0.2, -0.15) is 5.10 Å². The van der Waals surface area contributed by atoms with Gasteiger partial charge in [-0.05, 0) is 24.3 Å². The number of piperazine rings is 1. The van der Waals surface area contributed by atoms with E-state index < -0.39 is 0 Å². The van der Waals surface area contributed by atoms with Gasteiger partial charge in [-0.1, -0.05) is 51.8 Å². The van der Waals surface area contributed by atoms with E-state index >= 15 is 0 Å². The lowest BCUT2D eigenvalue weighted by Gasteiger charge is -2.36. The number of halogens is 2. The van der Waals surface area contributed by atoms with Crippen molar-refractivity contribution >= 4 is 39.1 Å². The number of anilines is 1. The van der Waals surface area contributed by atoms with Crippen molar-refractivity contribution in [3.8, 4) is 11.3 Å². The molecule has 0 saturated carbocycles. The highest BCUT2D eigenvalue weighted by molar-refractivity contribution is 9.10. The Morgan fingerprint density at radius 3 is 2.59 bits per heavy atom. The first-order valence-electron chi connectivity index (χ1n) is 8.71. The van der Waals surface area contributed by atoms with Crippen LogP contribution in [0, 0.1) is 0 Å². The van der Waals surface area contributed by atoms with Gasteiger partial charge in [0.25, 0.3) is 5.91 Å². The Morgan fingerprint density at radius 1 is 1.07 bits per heavy atom. The molecule has 1 aliphatic heterocycles. The van der Waals surface area contributed by atoms with Crippen molar-refractivity contribution in [3.63, 3.8) is 0 Å². The van der Waals surface area contributed by atoms with Crippen LogP contribution in [0.3, 0.4) is 0 Å². The maximum atomic E-state index is 13.1. The first kappa shape index (κ1) is 18.1. The zero-order valence-corrected chi connectivity index (χ0v) is 16.9. The number of amides is 1. The number of aromatic amines is 1. The summed E-state index contributed by atoms with van der Waals surface area (Å²) >= 11 is 9.78. The summed E-state index contributed by atoms with van der Waals surface area (Å²) in [7, 11) is 0. The molecule has 27 heavy (non-hydrogen) atoms. The van der Waals surface area contributed by atoms with Crippen LogP contribution in [-0.4, -0.2) is 47.2 Å². The van der Waals surface area contributed by atoms with Crippen LogP contribution in [0.5, 0.6) is 0 Å². The van der Waals surface area contributed by atoms with Crippen molar-refractivity contribution in [2.75, 3.05) is 31.1 Å². The van der Waals surface area contributed by atoms with Crippen molar-refractivity contribution < 1.29 is 4.79 Å². The van der Waals surface area contributed by atoms with Crippen LogP contribution in [0.15, 0.2) is 59.2 Å². The highest BCUT2D eigenvalue weighted by Crippen LogP contribution is 2.28. The Hall–Kier alpha value is -2.31. The summed E-state index contributed by atoms with van der Waals surface area (Å²) in [6.07, 6.45) is 1.61. The third-order valence-corrected chi connectivity index (χ3v) is 5.56. The van der Waals surface area contributed by atoms with Crippen molar-refractivity contribution in [1.82, 2.24) is 15.1 Å². The highest BCUT2D eigenvalue weighted by atomic mass is 79.9. The molecule has 7 heteroatoms. The third kappa shape index (κ3) is 3.73. The van der Waals surface area contributed by atoms with E-state index in [4.69, 9.17) is 11.6 Å². The van der Waals surface area contributed by atoms with Gasteiger partial charge in [-0.15, -0.1) is 0 Å². The zero-order chi connectivity index (χ0) is 18.8. The van der Waals surface area contributed by atoms with E-state index in [0.29, 0.717) is 18.7 Å². The number of hydrogen-bond donors (Lipinski definition) is 1. The van der Waals surface area contributed by atoms with Gasteiger partial charge in [0.05, 0.1) is 28.2 Å². The van der Waals surface area contributed by atoms with Gasteiger partial charge >= 0.3 is 0 Å². The molecule has 0 atom stereocenters. The fourth-order valence-corrected chi connectivity index (χ4v) is 4.00. The number of nitrogens with zero attached hydrogens (tertiary/aromatic N) is 3. The van der Waals surface area contributed by atoms with Crippen LogP contribution in [0.4, 0.5) is 5.69 Å². The maximum Gasteiger partial charge on any atom is 0.257 e. The lowest BCUT2D eigenvalue weighted by molar-refractivity contribution is 0.0747. The fourth-order valence-electron chi connectivity index (χ4n) is 3.34. The summed E-state index contributed by atoms with van der Waals surface area (Å²) in [6.45, 7) is 2.79. The zero-order valence-electron chi connectivity index (χ0n) is 14.5. The van der Waals surface area contributed by atoms with E-state index in [-0.39, 0.29) is 5.91 Å². The topological polar surface area (TPSA) is 52.2 Å². The quantitative estimate of drug-likeness (QED) is 0.648. The van der Waals surface area contributed by atoms with Crippen LogP contribution in [0.25, 0.3) is 11.3 Å². The van der Waals surface area contributed by atoms with Crippen molar-refractivity contribution in [2.24, 2.45) is 0 Å². The van der Waals surface area contributed by atoms with E-state index in [2.05, 4.69) is 31.0 Å². The second kappa shape index (κ2) is 7.74. The molecule has 0 bridgehead atoms. The molecule has 0 aliphatic carbocycles. The normalized spacial score (nSPS) is 14.4. The van der Waals surface area contributed by atoms with E-state index in [0.717, 1.165) is 39.5 Å². The summed E-state index contributed by atoms with van der Waals surface area (Å²) in [5, 5.41) is 7.81. The Balaban J connectivity index is 1.50. The van der Waals surface area contributed by atoms with E-state index in [9.17, 15) is 4.79 Å². The molecule has 1 aromatic heterocycles. The second-order valence-electron chi connectivity index (χ2n) is 6.40. The minimum absolute atomic E-state index is 0.00228. The molecule has 1 fully saturated rings. The number of rotatable bonds is 3. The predicted octanol–water partition coefficient (Wildman–Crippen LogP) is 4.46. The summed E-state index contributed by atoms with van der Waals surface area (Å²) < 4.78 is 0.960. The molecule has 5 nitrogen and oxygen atoms in total. The lowest BCUT2D eigenvalue weighted by atomic mass is 10.1. The number of carbonyl (C=O) groups excluding carboxylic acids is 1. The molecule has 3 aromatic rings. The Bertz CT molecular complexity index is 966. The van der Waals surface area contributed by atoms with Gasteiger partial charge in [0.2, 0.25) is 0 Å². The van der Waals surface area contributed by atoms with Gasteiger partial charge in [0.1, 0.15) is 0 Å². The average molecular weight is 446 g/mol. The maximum absolute atomic E-state index is 13.1. The van der Waals surface area contributed by atoms with Crippen LogP contribution < -0.4 is 4.90 Å². The minimum atomic E-state index is -0.00228. The molecule has 2 heterocycles. The first-order valence-corrected chi connectivity index (χ1v) is 9.88. The predicted molar refractivity (Wildman–Crippen MR) is 111 cm³/mol. The summed E-state index contributed by atoms with van der Waals surface area (Å²) in [5.41, 5.74) is 3.29. The summed E-state index contributed by atoms with van der Waals surface area (Å²) in [5.74, 6) is -0.00228. The van der Waals surface area contributed by atoms with Gasteiger partial charge in [-0.3, -0.25) is 9.89 Å². The average Bonchev–Trinajstić information content (AvgIpc) is 3.18. The van der Waals surface area contributed by atoms with Crippen LogP contribution in [-0.2, 0) is 0 Å². The Labute approximate surface area is 171 Å². The minimum Gasteiger partial charge on any atom is -0.367 e. The number of aromatic nitrogens is 2. The molecular formula is C20H18BrClN4O. The van der Waals surface area contributed by atoms with Crippen molar-refractivity contribution in [3.05, 3.63) is 69.8 Å². The summed E-state index contributed by atoms with van der Waals surface area (Å²) in [4.78, 5) is 17.2. The molecule has 1 N–H and O–H groups in total. The van der Waals surface area contributed by atoms with Crippen molar-refractivity contribution in [1.29, 1.82) is 0 Å². The number of H-pyrrole nitrogens is 1. The van der Waals surface area contributed by atoms with Gasteiger partial charge in [-0.25, -0.2) is 0 Å². The van der Waals surface area contributed by atoms with Crippen molar-refractivity contribution in [2.45, 2.75) is 0 Å². The van der Waals surface area contributed by atoms with Gasteiger partial charge < -0.3 is 9.80 Å². The van der Waals surface area contributed by atoms with Gasteiger partial charge in [0.15, 0.2) is 0 Å². The molecule has 1 amide bonds. The van der Waals surface area contributed by atoms with Crippen LogP contribution in [0.2, 0.25) is 5.02 Å². The second-order valence-corrected chi connectivity index (χ2v) is 7.72. The molecule has 4 rings (SSSR count). The fraction of sp³-hybridized carbons (Fsp3) is 0.200. The highest BCUT2D eigenvalue weighted by Gasteiger charge is 2.26. The van der Waals surface area contributed by atoms with Crippen LogP contribution >= 0.6 is 27.5 Å². The molecule has 1 saturated heterocycles. The van der Waals surface area contributed by atoms with Gasteiger partial charge in [0, 0.05) is 36.2 Å². The standard InChI is InChI=1S/C20H18BrClN4O/c21-15-5-3-4-14(12-15)19-16(13-23-24-19)20(27)26-10-8-25(9-11-26)18-7-2-1-6-17(18)22/h1-7,12-13H,8-11H2,(H,23,24). The lowest BCUT2D eigenvalue weighted by Crippen LogP contribution is -2.48. The number of carbonyl (C=O) groups is 1. The first-order chi connectivity index (χ1) is 13.1. The molecule has 1 aliphatic rings. The summed E-state index contributed by atoms with van der Waals surface area (Å²) in [6, 6.07) is 15.6. The molecule has 2 aromatic carbocycles. The molecule has 0 radical (unpaired) electrons. The number of hydrogen-bond acceptors (Lipinski definition) is 3. The van der Waals surface area contributed by atoms with E-state index in [1.54, 1.807) is 6.20 Å². The molecule has 0 unspecified atom stereocenters. The number of nitrogens with one attached hydrogen (secondary N) is 1. The van der Waals surface area contributed by atoms with E-state index in [1.165, 1.54) is 0 Å². The largest absolute Gasteiger partial charge is 0.367 e. The Kier molecular flexibility index (Phi) is 5.18. The SMILES string of the molecule is O=C(c1cn[nH]c1-c1cccc(Br)c1)N1CCN(c2ccccc2Cl)CC1. The Morgan fingerprint density at radius 2 is 1.85 bits per heavy atom.